The van der Waals surface area contributed by atoms with Crippen molar-refractivity contribution in [1.82, 2.24) is 0 Å². The van der Waals surface area contributed by atoms with E-state index in [4.69, 9.17) is 4.74 Å². The first kappa shape index (κ1) is 18.5. The second-order valence-electron chi connectivity index (χ2n) is 4.96. The summed E-state index contributed by atoms with van der Waals surface area (Å²) in [6.45, 7) is 1.33. The number of benzene rings is 2. The maximum atomic E-state index is 13.7. The van der Waals surface area contributed by atoms with Crippen LogP contribution in [0.5, 0.6) is 0 Å². The van der Waals surface area contributed by atoms with Crippen LogP contribution < -0.4 is 5.32 Å². The van der Waals surface area contributed by atoms with Crippen molar-refractivity contribution in [3.8, 4) is 0 Å². The highest BCUT2D eigenvalue weighted by molar-refractivity contribution is 9.10. The lowest BCUT2D eigenvalue weighted by Crippen LogP contribution is -2.30. The maximum Gasteiger partial charge on any atom is 0.341 e. The average Bonchev–Trinajstić information content (AvgIpc) is 2.55. The van der Waals surface area contributed by atoms with Crippen LogP contribution in [0.2, 0.25) is 0 Å². The number of carbonyl (C=O) groups is 2. The summed E-state index contributed by atoms with van der Waals surface area (Å²) in [4.78, 5) is 34.0. The highest BCUT2D eigenvalue weighted by Gasteiger charge is 2.21. The summed E-state index contributed by atoms with van der Waals surface area (Å²) in [5, 5.41) is 13.0. The number of hydrogen-bond donors (Lipinski definition) is 1. The van der Waals surface area contributed by atoms with E-state index in [1.807, 2.05) is 0 Å². The number of nitrogens with zero attached hydrogens (tertiary/aromatic N) is 1. The smallest absolute Gasteiger partial charge is 0.341 e. The van der Waals surface area contributed by atoms with E-state index in [1.54, 1.807) is 0 Å². The number of nitro benzene ring substituents is 1. The van der Waals surface area contributed by atoms with Crippen LogP contribution in [0.25, 0.3) is 0 Å². The van der Waals surface area contributed by atoms with Crippen LogP contribution in [-0.2, 0) is 9.53 Å². The van der Waals surface area contributed by atoms with Gasteiger partial charge in [0.25, 0.3) is 11.6 Å². The minimum absolute atomic E-state index is 0.122. The summed E-state index contributed by atoms with van der Waals surface area (Å²) in [7, 11) is 0. The van der Waals surface area contributed by atoms with Gasteiger partial charge >= 0.3 is 5.97 Å². The van der Waals surface area contributed by atoms with Gasteiger partial charge in [0.1, 0.15) is 5.82 Å². The molecule has 0 aliphatic heterocycles. The number of rotatable bonds is 5. The summed E-state index contributed by atoms with van der Waals surface area (Å²) < 4.78 is 19.1. The zero-order chi connectivity index (χ0) is 18.6. The molecular formula is C16H12BrFN2O5. The van der Waals surface area contributed by atoms with Crippen LogP contribution in [0.15, 0.2) is 46.9 Å². The standard InChI is InChI=1S/C16H12BrFN2O5/c1-9(25-16(22)13-7-2-10(17)8-14(13)18)15(21)19-11-3-5-12(6-4-11)20(23)24/h2-9H,1H3,(H,19,21). The predicted octanol–water partition coefficient (Wildman–Crippen LogP) is 3.68. The van der Waals surface area contributed by atoms with Crippen molar-refractivity contribution < 1.29 is 23.6 Å². The third kappa shape index (κ3) is 4.83. The minimum atomic E-state index is -1.19. The van der Waals surface area contributed by atoms with Crippen molar-refractivity contribution in [1.29, 1.82) is 0 Å². The monoisotopic (exact) mass is 410 g/mol. The first-order chi connectivity index (χ1) is 11.8. The fourth-order valence-electron chi connectivity index (χ4n) is 1.84. The number of nitro groups is 1. The SMILES string of the molecule is CC(OC(=O)c1ccc(Br)cc1F)C(=O)Nc1ccc([N+](=O)[O-])cc1. The van der Waals surface area contributed by atoms with Crippen LogP contribution in [0.1, 0.15) is 17.3 Å². The van der Waals surface area contributed by atoms with Crippen LogP contribution in [0.3, 0.4) is 0 Å². The summed E-state index contributed by atoms with van der Waals surface area (Å²) >= 11 is 3.07. The number of carbonyl (C=O) groups excluding carboxylic acids is 2. The van der Waals surface area contributed by atoms with E-state index in [2.05, 4.69) is 21.2 Å². The number of ether oxygens (including phenoxy) is 1. The molecule has 1 N–H and O–H groups in total. The number of hydrogen-bond acceptors (Lipinski definition) is 5. The molecule has 9 heteroatoms. The van der Waals surface area contributed by atoms with Gasteiger partial charge in [-0.3, -0.25) is 14.9 Å². The van der Waals surface area contributed by atoms with E-state index >= 15 is 0 Å². The van der Waals surface area contributed by atoms with Gasteiger partial charge in [-0.05, 0) is 37.3 Å². The molecule has 0 spiro atoms. The lowest BCUT2D eigenvalue weighted by Gasteiger charge is -2.14. The van der Waals surface area contributed by atoms with Gasteiger partial charge in [0.05, 0.1) is 10.5 Å². The fraction of sp³-hybridized carbons (Fsp3) is 0.125. The Morgan fingerprint density at radius 3 is 2.44 bits per heavy atom. The van der Waals surface area contributed by atoms with Crippen molar-refractivity contribution in [2.45, 2.75) is 13.0 Å². The third-order valence-corrected chi connectivity index (χ3v) is 3.64. The molecule has 0 aliphatic rings. The predicted molar refractivity (Wildman–Crippen MR) is 90.7 cm³/mol. The molecule has 2 rings (SSSR count). The lowest BCUT2D eigenvalue weighted by atomic mass is 10.2. The van der Waals surface area contributed by atoms with Crippen molar-refractivity contribution >= 4 is 39.2 Å². The summed E-state index contributed by atoms with van der Waals surface area (Å²) in [6.07, 6.45) is -1.19. The molecular weight excluding hydrogens is 399 g/mol. The molecule has 0 heterocycles. The Morgan fingerprint density at radius 1 is 1.24 bits per heavy atom. The number of amides is 1. The van der Waals surface area contributed by atoms with Crippen molar-refractivity contribution in [3.05, 3.63) is 68.4 Å². The Labute approximate surface area is 150 Å². The molecule has 0 saturated carbocycles. The molecule has 0 fully saturated rings. The molecule has 130 valence electrons. The van der Waals surface area contributed by atoms with Crippen LogP contribution >= 0.6 is 15.9 Å². The largest absolute Gasteiger partial charge is 0.449 e. The first-order valence-corrected chi connectivity index (χ1v) is 7.78. The molecule has 0 radical (unpaired) electrons. The minimum Gasteiger partial charge on any atom is -0.449 e. The van der Waals surface area contributed by atoms with E-state index in [0.717, 1.165) is 6.07 Å². The van der Waals surface area contributed by atoms with E-state index in [0.29, 0.717) is 10.2 Å². The van der Waals surface area contributed by atoms with Gasteiger partial charge in [-0.2, -0.15) is 0 Å². The zero-order valence-corrected chi connectivity index (χ0v) is 14.4. The Morgan fingerprint density at radius 2 is 1.88 bits per heavy atom. The van der Waals surface area contributed by atoms with Gasteiger partial charge < -0.3 is 10.1 Å². The first-order valence-electron chi connectivity index (χ1n) is 6.99. The van der Waals surface area contributed by atoms with E-state index in [1.165, 1.54) is 43.3 Å². The summed E-state index contributed by atoms with van der Waals surface area (Å²) in [6, 6.07) is 8.97. The van der Waals surface area contributed by atoms with Crippen molar-refractivity contribution in [2.75, 3.05) is 5.32 Å². The highest BCUT2D eigenvalue weighted by Crippen LogP contribution is 2.18. The second-order valence-corrected chi connectivity index (χ2v) is 5.88. The van der Waals surface area contributed by atoms with Gasteiger partial charge in [0.15, 0.2) is 6.10 Å². The number of nitrogens with one attached hydrogen (secondary N) is 1. The Bertz CT molecular complexity index is 826. The van der Waals surface area contributed by atoms with Gasteiger partial charge in [-0.1, -0.05) is 15.9 Å². The topological polar surface area (TPSA) is 98.5 Å². The van der Waals surface area contributed by atoms with Crippen LogP contribution in [0, 0.1) is 15.9 Å². The van der Waals surface area contributed by atoms with Gasteiger partial charge in [-0.25, -0.2) is 9.18 Å². The Balaban J connectivity index is 1.99. The molecule has 1 unspecified atom stereocenters. The molecule has 2 aromatic rings. The van der Waals surface area contributed by atoms with Crippen molar-refractivity contribution in [2.24, 2.45) is 0 Å². The number of esters is 1. The van der Waals surface area contributed by atoms with Gasteiger partial charge in [0, 0.05) is 22.3 Å². The quantitative estimate of drug-likeness (QED) is 0.460. The number of non-ortho nitro benzene ring substituents is 1. The second kappa shape index (κ2) is 7.84. The molecule has 25 heavy (non-hydrogen) atoms. The van der Waals surface area contributed by atoms with Gasteiger partial charge in [-0.15, -0.1) is 0 Å². The molecule has 0 bridgehead atoms. The fourth-order valence-corrected chi connectivity index (χ4v) is 2.18. The highest BCUT2D eigenvalue weighted by atomic mass is 79.9. The van der Waals surface area contributed by atoms with Gasteiger partial charge in [0.2, 0.25) is 0 Å². The molecule has 7 nitrogen and oxygen atoms in total. The maximum absolute atomic E-state index is 13.7. The molecule has 1 amide bonds. The Kier molecular flexibility index (Phi) is 5.81. The third-order valence-electron chi connectivity index (χ3n) is 3.15. The molecule has 2 aromatic carbocycles. The zero-order valence-electron chi connectivity index (χ0n) is 12.9. The molecule has 0 aromatic heterocycles. The average molecular weight is 411 g/mol. The molecule has 0 saturated heterocycles. The number of anilines is 1. The van der Waals surface area contributed by atoms with E-state index < -0.39 is 28.7 Å². The molecule has 0 aliphatic carbocycles. The van der Waals surface area contributed by atoms with Crippen LogP contribution in [-0.4, -0.2) is 22.9 Å². The summed E-state index contributed by atoms with van der Waals surface area (Å²) in [5.74, 6) is -2.40. The van der Waals surface area contributed by atoms with E-state index in [9.17, 15) is 24.1 Å². The Hall–Kier alpha value is -2.81. The normalized spacial score (nSPS) is 11.5. The van der Waals surface area contributed by atoms with Crippen molar-refractivity contribution in [3.63, 3.8) is 0 Å². The summed E-state index contributed by atoms with van der Waals surface area (Å²) in [5.41, 5.74) is -0.116. The lowest BCUT2D eigenvalue weighted by molar-refractivity contribution is -0.384. The van der Waals surface area contributed by atoms with E-state index in [-0.39, 0.29) is 11.3 Å². The van der Waals surface area contributed by atoms with Crippen LogP contribution in [0.4, 0.5) is 15.8 Å². The molecule has 1 atom stereocenters. The number of halogens is 2.